The number of aryl methyl sites for hydroxylation is 1. The highest BCUT2D eigenvalue weighted by molar-refractivity contribution is 7.89. The lowest BCUT2D eigenvalue weighted by Gasteiger charge is -2.25. The molecular formula is C11H16N2O5S. The quantitative estimate of drug-likeness (QED) is 0.799. The molecule has 0 radical (unpaired) electrons. The maximum Gasteiger partial charge on any atom is 0.313 e. The second kappa shape index (κ2) is 4.62. The van der Waals surface area contributed by atoms with Gasteiger partial charge in [0.25, 0.3) is 0 Å². The zero-order valence-electron chi connectivity index (χ0n) is 10.7. The highest BCUT2D eigenvalue weighted by Crippen LogP contribution is 2.29. The number of aromatic nitrogens is 1. The maximum absolute atomic E-state index is 12.1. The fourth-order valence-electron chi connectivity index (χ4n) is 1.94. The molecule has 0 aromatic carbocycles. The molecule has 1 saturated heterocycles. The summed E-state index contributed by atoms with van der Waals surface area (Å²) >= 11 is 0. The van der Waals surface area contributed by atoms with E-state index >= 15 is 0 Å². The molecule has 106 valence electrons. The first-order valence-corrected chi connectivity index (χ1v) is 7.19. The Morgan fingerprint density at radius 1 is 1.63 bits per heavy atom. The van der Waals surface area contributed by atoms with E-state index in [0.29, 0.717) is 0 Å². The van der Waals surface area contributed by atoms with E-state index in [9.17, 15) is 18.3 Å². The Balaban J connectivity index is 2.23. The zero-order valence-corrected chi connectivity index (χ0v) is 11.5. The van der Waals surface area contributed by atoms with Gasteiger partial charge in [-0.25, -0.2) is 13.1 Å². The first-order valence-electron chi connectivity index (χ1n) is 5.71. The van der Waals surface area contributed by atoms with Crippen molar-refractivity contribution in [3.05, 3.63) is 18.5 Å². The lowest BCUT2D eigenvalue weighted by Crippen LogP contribution is -2.49. The van der Waals surface area contributed by atoms with Gasteiger partial charge in [-0.15, -0.1) is 0 Å². The van der Waals surface area contributed by atoms with E-state index in [0.717, 1.165) is 0 Å². The number of carboxylic acid groups (broad SMARTS) is 1. The summed E-state index contributed by atoms with van der Waals surface area (Å²) in [7, 11) is -2.03. The van der Waals surface area contributed by atoms with Crippen molar-refractivity contribution in [1.82, 2.24) is 9.29 Å². The Bertz CT molecular complexity index is 594. The molecule has 19 heavy (non-hydrogen) atoms. The number of carbonyl (C=O) groups is 1. The summed E-state index contributed by atoms with van der Waals surface area (Å²) in [5.74, 6) is -1.08. The lowest BCUT2D eigenvalue weighted by atomic mass is 9.86. The van der Waals surface area contributed by atoms with Gasteiger partial charge in [0.1, 0.15) is 5.41 Å². The summed E-state index contributed by atoms with van der Waals surface area (Å²) in [6, 6.07) is 0.672. The van der Waals surface area contributed by atoms with Crippen molar-refractivity contribution >= 4 is 16.0 Å². The highest BCUT2D eigenvalue weighted by atomic mass is 32.2. The second-order valence-corrected chi connectivity index (χ2v) is 6.64. The van der Waals surface area contributed by atoms with Crippen LogP contribution in [0.15, 0.2) is 23.4 Å². The van der Waals surface area contributed by atoms with E-state index in [-0.39, 0.29) is 18.1 Å². The molecule has 0 saturated carbocycles. The third-order valence-electron chi connectivity index (χ3n) is 3.36. The van der Waals surface area contributed by atoms with E-state index in [1.54, 1.807) is 17.8 Å². The van der Waals surface area contributed by atoms with Crippen LogP contribution in [-0.2, 0) is 26.6 Å². The largest absolute Gasteiger partial charge is 0.481 e. The van der Waals surface area contributed by atoms with Gasteiger partial charge in [-0.1, -0.05) is 0 Å². The number of ether oxygens (including phenoxy) is 1. The molecule has 1 aromatic rings. The zero-order chi connectivity index (χ0) is 14.3. The van der Waals surface area contributed by atoms with Crippen molar-refractivity contribution in [3.8, 4) is 0 Å². The van der Waals surface area contributed by atoms with E-state index in [1.807, 2.05) is 0 Å². The van der Waals surface area contributed by atoms with Crippen LogP contribution >= 0.6 is 0 Å². The first-order chi connectivity index (χ1) is 8.75. The van der Waals surface area contributed by atoms with Gasteiger partial charge in [0, 0.05) is 19.4 Å². The molecule has 2 rings (SSSR count). The third kappa shape index (κ3) is 2.51. The Kier molecular flexibility index (Phi) is 3.41. The van der Waals surface area contributed by atoms with Crippen molar-refractivity contribution in [3.63, 3.8) is 0 Å². The number of hydrogen-bond acceptors (Lipinski definition) is 4. The molecule has 1 aromatic heterocycles. The number of carboxylic acids is 1. The van der Waals surface area contributed by atoms with E-state index in [4.69, 9.17) is 4.74 Å². The SMILES string of the molecule is Cn1ccc(S(=O)(=O)NC2COCC2(C)C(=O)O)c1. The van der Waals surface area contributed by atoms with Crippen molar-refractivity contribution < 1.29 is 23.1 Å². The van der Waals surface area contributed by atoms with Gasteiger partial charge in [0.05, 0.1) is 24.2 Å². The predicted molar refractivity (Wildman–Crippen MR) is 66.1 cm³/mol. The Labute approximate surface area is 111 Å². The van der Waals surface area contributed by atoms with Crippen molar-refractivity contribution in [2.24, 2.45) is 12.5 Å². The maximum atomic E-state index is 12.1. The minimum absolute atomic E-state index is 0.00961. The molecule has 0 aliphatic carbocycles. The summed E-state index contributed by atoms with van der Waals surface area (Å²) in [5, 5.41) is 9.20. The Morgan fingerprint density at radius 3 is 2.84 bits per heavy atom. The average molecular weight is 288 g/mol. The smallest absolute Gasteiger partial charge is 0.313 e. The van der Waals surface area contributed by atoms with Gasteiger partial charge in [0.2, 0.25) is 10.0 Å². The molecule has 7 nitrogen and oxygen atoms in total. The van der Waals surface area contributed by atoms with Crippen LogP contribution in [-0.4, -0.2) is 43.3 Å². The molecular weight excluding hydrogens is 272 g/mol. The van der Waals surface area contributed by atoms with Crippen molar-refractivity contribution in [1.29, 1.82) is 0 Å². The number of aliphatic carboxylic acids is 1. The Morgan fingerprint density at radius 2 is 2.32 bits per heavy atom. The molecule has 0 bridgehead atoms. The number of nitrogens with one attached hydrogen (secondary N) is 1. The summed E-state index contributed by atoms with van der Waals surface area (Å²) in [4.78, 5) is 11.3. The van der Waals surface area contributed by atoms with E-state index in [1.165, 1.54) is 19.2 Å². The number of nitrogens with zero attached hydrogens (tertiary/aromatic N) is 1. The molecule has 1 aliphatic heterocycles. The topological polar surface area (TPSA) is 97.6 Å². The minimum Gasteiger partial charge on any atom is -0.481 e. The van der Waals surface area contributed by atoms with Crippen LogP contribution in [0.2, 0.25) is 0 Å². The third-order valence-corrected chi connectivity index (χ3v) is 4.81. The lowest BCUT2D eigenvalue weighted by molar-refractivity contribution is -0.148. The first kappa shape index (κ1) is 14.0. The van der Waals surface area contributed by atoms with E-state index in [2.05, 4.69) is 4.72 Å². The monoisotopic (exact) mass is 288 g/mol. The molecule has 0 spiro atoms. The van der Waals surface area contributed by atoms with Crippen LogP contribution in [0.25, 0.3) is 0 Å². The van der Waals surface area contributed by atoms with Gasteiger partial charge >= 0.3 is 5.97 Å². The van der Waals surface area contributed by atoms with Crippen molar-refractivity contribution in [2.45, 2.75) is 17.9 Å². The minimum atomic E-state index is -3.74. The molecule has 2 atom stereocenters. The van der Waals surface area contributed by atoms with Crippen LogP contribution in [0.4, 0.5) is 0 Å². The molecule has 1 fully saturated rings. The fraction of sp³-hybridized carbons (Fsp3) is 0.545. The van der Waals surface area contributed by atoms with E-state index < -0.39 is 27.4 Å². The predicted octanol–water partition coefficient (Wildman–Crippen LogP) is -0.207. The van der Waals surface area contributed by atoms with Crippen LogP contribution < -0.4 is 4.72 Å². The molecule has 2 N–H and O–H groups in total. The van der Waals surface area contributed by atoms with Gasteiger partial charge < -0.3 is 14.4 Å². The molecule has 8 heteroatoms. The second-order valence-electron chi connectivity index (χ2n) is 4.92. The van der Waals surface area contributed by atoms with Gasteiger partial charge in [-0.3, -0.25) is 4.79 Å². The number of rotatable bonds is 4. The van der Waals surface area contributed by atoms with Crippen molar-refractivity contribution in [2.75, 3.05) is 13.2 Å². The number of sulfonamides is 1. The normalized spacial score (nSPS) is 27.6. The highest BCUT2D eigenvalue weighted by Gasteiger charge is 2.48. The van der Waals surface area contributed by atoms with Crippen LogP contribution in [0.5, 0.6) is 0 Å². The summed E-state index contributed by atoms with van der Waals surface area (Å²) in [6.45, 7) is 1.51. The molecule has 1 aliphatic rings. The Hall–Kier alpha value is -1.38. The molecule has 2 unspecified atom stereocenters. The molecule has 0 amide bonds. The van der Waals surface area contributed by atoms with Gasteiger partial charge in [0.15, 0.2) is 0 Å². The van der Waals surface area contributed by atoms with Crippen LogP contribution in [0.3, 0.4) is 0 Å². The standard InChI is InChI=1S/C11H16N2O5S/c1-11(10(14)15)7-18-6-9(11)12-19(16,17)8-3-4-13(2)5-8/h3-5,9,12H,6-7H2,1-2H3,(H,14,15). The molecule has 2 heterocycles. The summed E-state index contributed by atoms with van der Waals surface area (Å²) < 4.78 is 33.4. The van der Waals surface area contributed by atoms with Crippen LogP contribution in [0, 0.1) is 5.41 Å². The average Bonchev–Trinajstić information content (AvgIpc) is 2.87. The fourth-order valence-corrected chi connectivity index (χ4v) is 3.32. The number of hydrogen-bond donors (Lipinski definition) is 2. The van der Waals surface area contributed by atoms with Gasteiger partial charge in [-0.05, 0) is 13.0 Å². The summed E-state index contributed by atoms with van der Waals surface area (Å²) in [5.41, 5.74) is -1.25. The summed E-state index contributed by atoms with van der Waals surface area (Å²) in [6.07, 6.45) is 3.06. The van der Waals surface area contributed by atoms with Gasteiger partial charge in [-0.2, -0.15) is 0 Å². The van der Waals surface area contributed by atoms with Crippen LogP contribution in [0.1, 0.15) is 6.92 Å².